The zero-order chi connectivity index (χ0) is 14.6. The first-order valence-corrected chi connectivity index (χ1v) is 6.57. The van der Waals surface area contributed by atoms with Gasteiger partial charge in [-0.2, -0.15) is 0 Å². The van der Waals surface area contributed by atoms with Gasteiger partial charge in [-0.1, -0.05) is 32.9 Å². The smallest absolute Gasteiger partial charge is 0.228 e. The first kappa shape index (κ1) is 15.6. The molecular formula is C15H23FN2O. The van der Waals surface area contributed by atoms with Crippen LogP contribution in [0.4, 0.5) is 10.1 Å². The lowest BCUT2D eigenvalue weighted by atomic mass is 9.85. The molecule has 1 unspecified atom stereocenters. The molecule has 0 spiro atoms. The Bertz CT molecular complexity index is 440. The van der Waals surface area contributed by atoms with Crippen LogP contribution in [-0.2, 0) is 4.79 Å². The van der Waals surface area contributed by atoms with Gasteiger partial charge in [-0.3, -0.25) is 4.79 Å². The van der Waals surface area contributed by atoms with Gasteiger partial charge in [0.25, 0.3) is 0 Å². The molecule has 2 N–H and O–H groups in total. The van der Waals surface area contributed by atoms with E-state index < -0.39 is 0 Å². The molecule has 1 rings (SSSR count). The van der Waals surface area contributed by atoms with Crippen molar-refractivity contribution in [3.05, 3.63) is 30.1 Å². The van der Waals surface area contributed by atoms with E-state index >= 15 is 0 Å². The third kappa shape index (κ3) is 4.03. The van der Waals surface area contributed by atoms with Crippen molar-refractivity contribution in [3.63, 3.8) is 0 Å². The number of hydrogen-bond acceptors (Lipinski definition) is 2. The summed E-state index contributed by atoms with van der Waals surface area (Å²) in [7, 11) is 0. The molecular weight excluding hydrogens is 243 g/mol. The van der Waals surface area contributed by atoms with Gasteiger partial charge in [0.2, 0.25) is 5.91 Å². The Morgan fingerprint density at radius 1 is 1.37 bits per heavy atom. The summed E-state index contributed by atoms with van der Waals surface area (Å²) in [6.07, 6.45) is 0.214. The van der Waals surface area contributed by atoms with Crippen molar-refractivity contribution in [1.82, 2.24) is 0 Å². The van der Waals surface area contributed by atoms with Gasteiger partial charge in [-0.05, 0) is 24.5 Å². The molecule has 1 atom stereocenters. The highest BCUT2D eigenvalue weighted by Gasteiger charge is 2.26. The number of benzene rings is 1. The zero-order valence-corrected chi connectivity index (χ0v) is 12.1. The van der Waals surface area contributed by atoms with E-state index in [1.54, 1.807) is 18.2 Å². The number of carbonyl (C=O) groups excluding carboxylic acids is 1. The Morgan fingerprint density at radius 3 is 2.42 bits per heavy atom. The van der Waals surface area contributed by atoms with Crippen molar-refractivity contribution >= 4 is 11.6 Å². The van der Waals surface area contributed by atoms with Gasteiger partial charge in [0.05, 0.1) is 5.69 Å². The maximum absolute atomic E-state index is 13.7. The molecule has 0 aromatic heterocycles. The lowest BCUT2D eigenvalue weighted by Gasteiger charge is -2.29. The number of halogens is 1. The monoisotopic (exact) mass is 266 g/mol. The summed E-state index contributed by atoms with van der Waals surface area (Å²) < 4.78 is 13.7. The van der Waals surface area contributed by atoms with Crippen LogP contribution in [0.1, 0.15) is 34.1 Å². The molecule has 3 nitrogen and oxygen atoms in total. The van der Waals surface area contributed by atoms with Crippen molar-refractivity contribution in [1.29, 1.82) is 0 Å². The van der Waals surface area contributed by atoms with Gasteiger partial charge >= 0.3 is 0 Å². The van der Waals surface area contributed by atoms with E-state index in [-0.39, 0.29) is 29.6 Å². The molecule has 0 radical (unpaired) electrons. The normalized spacial score (nSPS) is 13.2. The average molecular weight is 266 g/mol. The molecule has 1 amide bonds. The molecule has 0 aliphatic heterocycles. The molecule has 0 bridgehead atoms. The largest absolute Gasteiger partial charge is 0.327 e. The minimum absolute atomic E-state index is 0.143. The van der Waals surface area contributed by atoms with Crippen LogP contribution in [0.25, 0.3) is 0 Å². The molecule has 1 aromatic rings. The molecule has 1 aromatic carbocycles. The van der Waals surface area contributed by atoms with Gasteiger partial charge in [0.15, 0.2) is 0 Å². The predicted molar refractivity (Wildman–Crippen MR) is 76.5 cm³/mol. The lowest BCUT2D eigenvalue weighted by molar-refractivity contribution is -0.119. The van der Waals surface area contributed by atoms with Crippen molar-refractivity contribution in [2.45, 2.75) is 40.2 Å². The first-order chi connectivity index (χ1) is 8.77. The van der Waals surface area contributed by atoms with Crippen molar-refractivity contribution in [3.8, 4) is 0 Å². The highest BCUT2D eigenvalue weighted by atomic mass is 19.1. The van der Waals surface area contributed by atoms with E-state index in [0.29, 0.717) is 12.2 Å². The Hall–Kier alpha value is -1.42. The highest BCUT2D eigenvalue weighted by Crippen LogP contribution is 2.23. The van der Waals surface area contributed by atoms with Crippen LogP contribution in [0.2, 0.25) is 0 Å². The quantitative estimate of drug-likeness (QED) is 0.910. The van der Waals surface area contributed by atoms with Gasteiger partial charge in [-0.25, -0.2) is 4.39 Å². The third-order valence-electron chi connectivity index (χ3n) is 3.27. The van der Waals surface area contributed by atoms with E-state index in [4.69, 9.17) is 5.73 Å². The molecule has 0 aliphatic carbocycles. The Kier molecular flexibility index (Phi) is 5.06. The topological polar surface area (TPSA) is 46.3 Å². The number of carbonyl (C=O) groups is 1. The van der Waals surface area contributed by atoms with E-state index in [1.807, 2.05) is 27.7 Å². The second kappa shape index (κ2) is 6.15. The van der Waals surface area contributed by atoms with Crippen LogP contribution in [-0.4, -0.2) is 18.5 Å². The summed E-state index contributed by atoms with van der Waals surface area (Å²) in [6, 6.07) is 6.05. The molecule has 19 heavy (non-hydrogen) atoms. The summed E-state index contributed by atoms with van der Waals surface area (Å²) >= 11 is 0. The van der Waals surface area contributed by atoms with Crippen LogP contribution in [0.3, 0.4) is 0 Å². The fourth-order valence-electron chi connectivity index (χ4n) is 1.76. The summed E-state index contributed by atoms with van der Waals surface area (Å²) in [5, 5.41) is 0. The Labute approximate surface area is 114 Å². The van der Waals surface area contributed by atoms with E-state index in [9.17, 15) is 9.18 Å². The minimum atomic E-state index is -0.387. The summed E-state index contributed by atoms with van der Waals surface area (Å²) in [5.74, 6) is -0.531. The number of hydrogen-bond donors (Lipinski definition) is 1. The van der Waals surface area contributed by atoms with Crippen LogP contribution in [0.5, 0.6) is 0 Å². The van der Waals surface area contributed by atoms with Crippen LogP contribution >= 0.6 is 0 Å². The SMILES string of the molecule is CCN(C(=O)CC(N)C(C)(C)C)c1ccccc1F. The van der Waals surface area contributed by atoms with E-state index in [1.165, 1.54) is 11.0 Å². The fraction of sp³-hybridized carbons (Fsp3) is 0.533. The van der Waals surface area contributed by atoms with Crippen molar-refractivity contribution in [2.24, 2.45) is 11.1 Å². The number of nitrogens with zero attached hydrogens (tertiary/aromatic N) is 1. The van der Waals surface area contributed by atoms with Crippen LogP contribution in [0, 0.1) is 11.2 Å². The number of rotatable bonds is 4. The zero-order valence-electron chi connectivity index (χ0n) is 12.1. The molecule has 0 saturated carbocycles. The third-order valence-corrected chi connectivity index (χ3v) is 3.27. The average Bonchev–Trinajstić information content (AvgIpc) is 2.31. The van der Waals surface area contributed by atoms with Crippen LogP contribution < -0.4 is 10.6 Å². The molecule has 106 valence electrons. The molecule has 4 heteroatoms. The predicted octanol–water partition coefficient (Wildman–Crippen LogP) is 2.94. The Balaban J connectivity index is 2.87. The van der Waals surface area contributed by atoms with Crippen LogP contribution in [0.15, 0.2) is 24.3 Å². The Morgan fingerprint density at radius 2 is 1.95 bits per heavy atom. The minimum Gasteiger partial charge on any atom is -0.327 e. The number of para-hydroxylation sites is 1. The second-order valence-corrected chi connectivity index (χ2v) is 5.77. The van der Waals surface area contributed by atoms with E-state index in [2.05, 4.69) is 0 Å². The van der Waals surface area contributed by atoms with Gasteiger partial charge in [0.1, 0.15) is 5.82 Å². The molecule has 0 heterocycles. The maximum Gasteiger partial charge on any atom is 0.228 e. The molecule has 0 aliphatic rings. The number of anilines is 1. The second-order valence-electron chi connectivity index (χ2n) is 5.77. The maximum atomic E-state index is 13.7. The van der Waals surface area contributed by atoms with Crippen molar-refractivity contribution in [2.75, 3.05) is 11.4 Å². The van der Waals surface area contributed by atoms with Gasteiger partial charge in [0, 0.05) is 19.0 Å². The number of nitrogens with two attached hydrogens (primary N) is 1. The first-order valence-electron chi connectivity index (χ1n) is 6.57. The fourth-order valence-corrected chi connectivity index (χ4v) is 1.76. The van der Waals surface area contributed by atoms with Gasteiger partial charge in [-0.15, -0.1) is 0 Å². The summed E-state index contributed by atoms with van der Waals surface area (Å²) in [5.41, 5.74) is 6.19. The highest BCUT2D eigenvalue weighted by molar-refractivity contribution is 5.93. The summed E-state index contributed by atoms with van der Waals surface area (Å²) in [6.45, 7) is 8.22. The van der Waals surface area contributed by atoms with Crippen molar-refractivity contribution < 1.29 is 9.18 Å². The standard InChI is InChI=1S/C15H23FN2O/c1-5-18(12-9-7-6-8-11(12)16)14(19)10-13(17)15(2,3)4/h6-9,13H,5,10,17H2,1-4H3. The summed E-state index contributed by atoms with van der Waals surface area (Å²) in [4.78, 5) is 13.7. The lowest BCUT2D eigenvalue weighted by Crippen LogP contribution is -2.42. The molecule has 0 fully saturated rings. The number of amides is 1. The van der Waals surface area contributed by atoms with E-state index in [0.717, 1.165) is 0 Å². The molecule has 0 saturated heterocycles. The van der Waals surface area contributed by atoms with Gasteiger partial charge < -0.3 is 10.6 Å².